The number of methoxy groups -OCH3 is 1. The SMILES string of the molecule is COc1cncc(NC(=O)C(C)(C)C)c1C. The van der Waals surface area contributed by atoms with Gasteiger partial charge in [-0.05, 0) is 6.92 Å². The van der Waals surface area contributed by atoms with Gasteiger partial charge >= 0.3 is 0 Å². The number of hydrogen-bond donors (Lipinski definition) is 1. The topological polar surface area (TPSA) is 51.2 Å². The molecule has 0 saturated carbocycles. The van der Waals surface area contributed by atoms with Gasteiger partial charge in [0.05, 0.1) is 25.2 Å². The highest BCUT2D eigenvalue weighted by molar-refractivity contribution is 5.95. The van der Waals surface area contributed by atoms with Gasteiger partial charge in [0.1, 0.15) is 5.75 Å². The summed E-state index contributed by atoms with van der Waals surface area (Å²) in [6.07, 6.45) is 3.25. The van der Waals surface area contributed by atoms with Crippen molar-refractivity contribution in [2.24, 2.45) is 5.41 Å². The van der Waals surface area contributed by atoms with Crippen LogP contribution in [-0.2, 0) is 4.79 Å². The number of ether oxygens (including phenoxy) is 1. The molecule has 0 aliphatic heterocycles. The Morgan fingerprint density at radius 2 is 2.00 bits per heavy atom. The minimum atomic E-state index is -0.421. The smallest absolute Gasteiger partial charge is 0.229 e. The van der Waals surface area contributed by atoms with E-state index in [4.69, 9.17) is 4.74 Å². The summed E-state index contributed by atoms with van der Waals surface area (Å²) < 4.78 is 5.14. The second kappa shape index (κ2) is 4.51. The molecule has 1 aromatic heterocycles. The summed E-state index contributed by atoms with van der Waals surface area (Å²) in [4.78, 5) is 15.8. The minimum Gasteiger partial charge on any atom is -0.495 e. The predicted octanol–water partition coefficient (Wildman–Crippen LogP) is 2.38. The second-order valence-corrected chi connectivity index (χ2v) is 4.72. The number of rotatable bonds is 2. The van der Waals surface area contributed by atoms with E-state index >= 15 is 0 Å². The standard InChI is InChI=1S/C12H18N2O2/c1-8-9(6-13-7-10(8)16-5)14-11(15)12(2,3)4/h6-7H,1-5H3,(H,14,15). The van der Waals surface area contributed by atoms with Gasteiger partial charge in [-0.3, -0.25) is 9.78 Å². The number of nitrogens with zero attached hydrogens (tertiary/aromatic N) is 1. The molecule has 0 aliphatic rings. The van der Waals surface area contributed by atoms with Gasteiger partial charge in [-0.15, -0.1) is 0 Å². The molecule has 0 saturated heterocycles. The Bertz CT molecular complexity index is 394. The van der Waals surface area contributed by atoms with Crippen molar-refractivity contribution in [3.63, 3.8) is 0 Å². The van der Waals surface area contributed by atoms with Crippen LogP contribution in [-0.4, -0.2) is 18.0 Å². The molecule has 16 heavy (non-hydrogen) atoms. The highest BCUT2D eigenvalue weighted by Gasteiger charge is 2.22. The zero-order valence-electron chi connectivity index (χ0n) is 10.4. The van der Waals surface area contributed by atoms with Crippen molar-refractivity contribution in [1.29, 1.82) is 0 Å². The molecule has 0 spiro atoms. The largest absolute Gasteiger partial charge is 0.495 e. The van der Waals surface area contributed by atoms with Gasteiger partial charge in [0.15, 0.2) is 0 Å². The van der Waals surface area contributed by atoms with Gasteiger partial charge in [-0.1, -0.05) is 20.8 Å². The van der Waals surface area contributed by atoms with Crippen LogP contribution in [0.4, 0.5) is 5.69 Å². The van der Waals surface area contributed by atoms with Crippen LogP contribution < -0.4 is 10.1 Å². The van der Waals surface area contributed by atoms with E-state index in [2.05, 4.69) is 10.3 Å². The van der Waals surface area contributed by atoms with E-state index in [1.807, 2.05) is 27.7 Å². The Morgan fingerprint density at radius 3 is 2.50 bits per heavy atom. The number of aromatic nitrogens is 1. The number of pyridine rings is 1. The normalized spacial score (nSPS) is 11.1. The number of anilines is 1. The lowest BCUT2D eigenvalue weighted by Crippen LogP contribution is -2.28. The molecule has 0 atom stereocenters. The summed E-state index contributed by atoms with van der Waals surface area (Å²) in [6, 6.07) is 0. The average Bonchev–Trinajstić information content (AvgIpc) is 2.19. The number of hydrogen-bond acceptors (Lipinski definition) is 3. The summed E-state index contributed by atoms with van der Waals surface area (Å²) in [5.41, 5.74) is 1.16. The van der Waals surface area contributed by atoms with Crippen molar-refractivity contribution in [2.75, 3.05) is 12.4 Å². The molecular weight excluding hydrogens is 204 g/mol. The summed E-state index contributed by atoms with van der Waals surface area (Å²) >= 11 is 0. The molecule has 0 bridgehead atoms. The maximum Gasteiger partial charge on any atom is 0.229 e. The van der Waals surface area contributed by atoms with Gasteiger partial charge < -0.3 is 10.1 Å². The first-order valence-electron chi connectivity index (χ1n) is 5.16. The third-order valence-electron chi connectivity index (χ3n) is 2.32. The number of amides is 1. The molecule has 1 N–H and O–H groups in total. The third-order valence-corrected chi connectivity index (χ3v) is 2.32. The Morgan fingerprint density at radius 1 is 1.38 bits per heavy atom. The van der Waals surface area contributed by atoms with E-state index in [9.17, 15) is 4.79 Å². The number of carbonyl (C=O) groups excluding carboxylic acids is 1. The summed E-state index contributed by atoms with van der Waals surface area (Å²) in [7, 11) is 1.58. The van der Waals surface area contributed by atoms with Crippen LogP contribution in [0.15, 0.2) is 12.4 Å². The van der Waals surface area contributed by atoms with Crippen molar-refractivity contribution in [1.82, 2.24) is 4.98 Å². The Labute approximate surface area is 96.0 Å². The van der Waals surface area contributed by atoms with Crippen molar-refractivity contribution < 1.29 is 9.53 Å². The van der Waals surface area contributed by atoms with Crippen molar-refractivity contribution >= 4 is 11.6 Å². The van der Waals surface area contributed by atoms with Crippen LogP contribution >= 0.6 is 0 Å². The Hall–Kier alpha value is -1.58. The van der Waals surface area contributed by atoms with E-state index in [0.717, 1.165) is 5.56 Å². The van der Waals surface area contributed by atoms with Gasteiger partial charge in [0, 0.05) is 11.0 Å². The molecule has 0 radical (unpaired) electrons. The van der Waals surface area contributed by atoms with E-state index in [1.165, 1.54) is 0 Å². The zero-order valence-corrected chi connectivity index (χ0v) is 10.4. The first kappa shape index (κ1) is 12.5. The first-order chi connectivity index (χ1) is 7.36. The summed E-state index contributed by atoms with van der Waals surface area (Å²) in [5, 5.41) is 2.84. The molecule has 0 unspecified atom stereocenters. The molecule has 0 fully saturated rings. The molecule has 4 heteroatoms. The van der Waals surface area contributed by atoms with E-state index in [0.29, 0.717) is 11.4 Å². The molecule has 1 amide bonds. The van der Waals surface area contributed by atoms with Gasteiger partial charge in [-0.2, -0.15) is 0 Å². The van der Waals surface area contributed by atoms with Gasteiger partial charge in [-0.25, -0.2) is 0 Å². The van der Waals surface area contributed by atoms with Crippen LogP contribution in [0.1, 0.15) is 26.3 Å². The Kier molecular flexibility index (Phi) is 3.52. The monoisotopic (exact) mass is 222 g/mol. The zero-order chi connectivity index (χ0) is 12.3. The fourth-order valence-corrected chi connectivity index (χ4v) is 1.15. The van der Waals surface area contributed by atoms with Gasteiger partial charge in [0.2, 0.25) is 5.91 Å². The van der Waals surface area contributed by atoms with Crippen molar-refractivity contribution in [2.45, 2.75) is 27.7 Å². The molecule has 1 aromatic rings. The molecule has 4 nitrogen and oxygen atoms in total. The lowest BCUT2D eigenvalue weighted by Gasteiger charge is -2.19. The van der Waals surface area contributed by atoms with Crippen LogP contribution in [0.3, 0.4) is 0 Å². The Balaban J connectivity index is 2.94. The molecule has 1 rings (SSSR count). The summed E-state index contributed by atoms with van der Waals surface area (Å²) in [6.45, 7) is 7.49. The fraction of sp³-hybridized carbons (Fsp3) is 0.500. The van der Waals surface area contributed by atoms with Crippen molar-refractivity contribution in [3.05, 3.63) is 18.0 Å². The quantitative estimate of drug-likeness (QED) is 0.835. The van der Waals surface area contributed by atoms with E-state index in [1.54, 1.807) is 19.5 Å². The minimum absolute atomic E-state index is 0.0364. The molecule has 0 aliphatic carbocycles. The van der Waals surface area contributed by atoms with E-state index < -0.39 is 5.41 Å². The third kappa shape index (κ3) is 2.72. The maximum absolute atomic E-state index is 11.8. The van der Waals surface area contributed by atoms with Crippen LogP contribution in [0.5, 0.6) is 5.75 Å². The predicted molar refractivity (Wildman–Crippen MR) is 63.6 cm³/mol. The lowest BCUT2D eigenvalue weighted by molar-refractivity contribution is -0.123. The number of carbonyl (C=O) groups is 1. The highest BCUT2D eigenvalue weighted by atomic mass is 16.5. The van der Waals surface area contributed by atoms with Crippen molar-refractivity contribution in [3.8, 4) is 5.75 Å². The molecular formula is C12H18N2O2. The molecule has 0 aromatic carbocycles. The first-order valence-corrected chi connectivity index (χ1v) is 5.16. The van der Waals surface area contributed by atoms with Gasteiger partial charge in [0.25, 0.3) is 0 Å². The van der Waals surface area contributed by atoms with Crippen LogP contribution in [0.25, 0.3) is 0 Å². The fourth-order valence-electron chi connectivity index (χ4n) is 1.15. The molecule has 1 heterocycles. The highest BCUT2D eigenvalue weighted by Crippen LogP contribution is 2.25. The molecule has 88 valence electrons. The lowest BCUT2D eigenvalue weighted by atomic mass is 9.95. The van der Waals surface area contributed by atoms with Crippen LogP contribution in [0, 0.1) is 12.3 Å². The number of nitrogens with one attached hydrogen (secondary N) is 1. The van der Waals surface area contributed by atoms with E-state index in [-0.39, 0.29) is 5.91 Å². The summed E-state index contributed by atoms with van der Waals surface area (Å²) in [5.74, 6) is 0.636. The average molecular weight is 222 g/mol. The maximum atomic E-state index is 11.8. The van der Waals surface area contributed by atoms with Crippen LogP contribution in [0.2, 0.25) is 0 Å². The second-order valence-electron chi connectivity index (χ2n) is 4.72.